The van der Waals surface area contributed by atoms with Crippen LogP contribution in [0.4, 0.5) is 0 Å². The Kier molecular flexibility index (Phi) is 3.16. The predicted octanol–water partition coefficient (Wildman–Crippen LogP) is 4.01. The second-order valence-corrected chi connectivity index (χ2v) is 6.06. The molecule has 0 aliphatic heterocycles. The minimum Gasteiger partial charge on any atom is -0.331 e. The molecule has 98 valence electrons. The van der Waals surface area contributed by atoms with Crippen LogP contribution in [0.15, 0.2) is 18.2 Å². The van der Waals surface area contributed by atoms with Gasteiger partial charge in [0.2, 0.25) is 0 Å². The van der Waals surface area contributed by atoms with Gasteiger partial charge in [0.1, 0.15) is 0 Å². The molecule has 1 aromatic heterocycles. The Morgan fingerprint density at radius 2 is 2.32 bits per heavy atom. The van der Waals surface area contributed by atoms with Crippen LogP contribution in [-0.2, 0) is 6.54 Å². The molecule has 1 aromatic carbocycles. The van der Waals surface area contributed by atoms with Crippen molar-refractivity contribution in [3.63, 3.8) is 0 Å². The Morgan fingerprint density at radius 3 is 3.00 bits per heavy atom. The number of fused-ring (bicyclic) bond motifs is 1. The highest BCUT2D eigenvalue weighted by Gasteiger charge is 2.22. The van der Waals surface area contributed by atoms with Crippen molar-refractivity contribution in [1.29, 1.82) is 5.26 Å². The Balaban J connectivity index is 2.00. The van der Waals surface area contributed by atoms with E-state index in [9.17, 15) is 0 Å². The highest BCUT2D eigenvalue weighted by atomic mass is 32.1. The molecule has 1 saturated carbocycles. The van der Waals surface area contributed by atoms with E-state index in [0.717, 1.165) is 28.3 Å². The van der Waals surface area contributed by atoms with Gasteiger partial charge in [-0.05, 0) is 55.1 Å². The van der Waals surface area contributed by atoms with E-state index in [2.05, 4.69) is 22.5 Å². The van der Waals surface area contributed by atoms with E-state index in [1.54, 1.807) is 0 Å². The largest absolute Gasteiger partial charge is 0.331 e. The first-order valence-corrected chi connectivity index (χ1v) is 7.21. The summed E-state index contributed by atoms with van der Waals surface area (Å²) in [7, 11) is 0. The monoisotopic (exact) mass is 271 g/mol. The molecule has 4 heteroatoms. The maximum atomic E-state index is 9.02. The van der Waals surface area contributed by atoms with Crippen LogP contribution in [0.3, 0.4) is 0 Å². The molecule has 0 bridgehead atoms. The summed E-state index contributed by atoms with van der Waals surface area (Å²) in [5.74, 6) is 1.55. The molecule has 1 heterocycles. The summed E-state index contributed by atoms with van der Waals surface area (Å²) < 4.78 is 2.93. The molecule has 1 aliphatic carbocycles. The lowest BCUT2D eigenvalue weighted by Crippen LogP contribution is -2.07. The van der Waals surface area contributed by atoms with Gasteiger partial charge in [0.05, 0.1) is 22.7 Å². The third-order valence-electron chi connectivity index (χ3n) is 4.15. The summed E-state index contributed by atoms with van der Waals surface area (Å²) >= 11 is 5.42. The van der Waals surface area contributed by atoms with Crippen molar-refractivity contribution in [2.24, 2.45) is 11.8 Å². The Morgan fingerprint density at radius 1 is 1.47 bits per heavy atom. The lowest BCUT2D eigenvalue weighted by atomic mass is 10.1. The molecule has 1 aliphatic rings. The fourth-order valence-electron chi connectivity index (χ4n) is 3.15. The number of nitrogens with one attached hydrogen (secondary N) is 1. The van der Waals surface area contributed by atoms with E-state index in [-0.39, 0.29) is 0 Å². The van der Waals surface area contributed by atoms with Crippen LogP contribution in [0.1, 0.15) is 31.7 Å². The summed E-state index contributed by atoms with van der Waals surface area (Å²) in [6.45, 7) is 3.29. The van der Waals surface area contributed by atoms with Gasteiger partial charge in [0.15, 0.2) is 4.77 Å². The molecule has 2 atom stereocenters. The molecule has 0 saturated heterocycles. The molecule has 0 radical (unpaired) electrons. The van der Waals surface area contributed by atoms with Gasteiger partial charge in [0.25, 0.3) is 0 Å². The molecular formula is C15H17N3S. The highest BCUT2D eigenvalue weighted by Crippen LogP contribution is 2.32. The number of aromatic nitrogens is 2. The van der Waals surface area contributed by atoms with Crippen molar-refractivity contribution in [3.05, 3.63) is 28.5 Å². The van der Waals surface area contributed by atoms with E-state index >= 15 is 0 Å². The van der Waals surface area contributed by atoms with Crippen LogP contribution in [0.5, 0.6) is 0 Å². The molecule has 3 nitrogen and oxygen atoms in total. The van der Waals surface area contributed by atoms with Crippen molar-refractivity contribution < 1.29 is 0 Å². The number of benzene rings is 1. The van der Waals surface area contributed by atoms with Gasteiger partial charge >= 0.3 is 0 Å². The van der Waals surface area contributed by atoms with Gasteiger partial charge in [-0.2, -0.15) is 5.26 Å². The van der Waals surface area contributed by atoms with Crippen molar-refractivity contribution >= 4 is 23.3 Å². The van der Waals surface area contributed by atoms with Gasteiger partial charge in [0, 0.05) is 6.54 Å². The summed E-state index contributed by atoms with van der Waals surface area (Å²) in [5.41, 5.74) is 2.77. The first kappa shape index (κ1) is 12.4. The van der Waals surface area contributed by atoms with Crippen LogP contribution in [0.25, 0.3) is 11.0 Å². The van der Waals surface area contributed by atoms with E-state index < -0.39 is 0 Å². The maximum absolute atomic E-state index is 9.02. The van der Waals surface area contributed by atoms with Gasteiger partial charge in [-0.25, -0.2) is 0 Å². The third kappa shape index (κ3) is 2.31. The van der Waals surface area contributed by atoms with E-state index in [0.29, 0.717) is 11.5 Å². The average molecular weight is 271 g/mol. The lowest BCUT2D eigenvalue weighted by Gasteiger charge is -2.11. The number of H-pyrrole nitrogens is 1. The number of rotatable bonds is 2. The number of nitriles is 1. The fraction of sp³-hybridized carbons (Fsp3) is 0.467. The van der Waals surface area contributed by atoms with Crippen molar-refractivity contribution in [2.75, 3.05) is 0 Å². The zero-order valence-corrected chi connectivity index (χ0v) is 11.8. The molecule has 3 rings (SSSR count). The normalized spacial score (nSPS) is 22.7. The minimum atomic E-state index is 0.690. The van der Waals surface area contributed by atoms with Gasteiger partial charge < -0.3 is 9.55 Å². The third-order valence-corrected chi connectivity index (χ3v) is 4.47. The number of imidazole rings is 1. The minimum absolute atomic E-state index is 0.690. The molecule has 19 heavy (non-hydrogen) atoms. The molecule has 2 aromatic rings. The van der Waals surface area contributed by atoms with E-state index in [4.69, 9.17) is 17.5 Å². The SMILES string of the molecule is CC1CCC(Cn2c(=S)[nH]c3ccc(C#N)cc32)C1. The van der Waals surface area contributed by atoms with E-state index in [1.165, 1.54) is 19.3 Å². The van der Waals surface area contributed by atoms with Crippen molar-refractivity contribution in [3.8, 4) is 6.07 Å². The van der Waals surface area contributed by atoms with Crippen LogP contribution < -0.4 is 0 Å². The number of hydrogen-bond donors (Lipinski definition) is 1. The topological polar surface area (TPSA) is 44.5 Å². The van der Waals surface area contributed by atoms with Crippen LogP contribution in [0.2, 0.25) is 0 Å². The Hall–Kier alpha value is -1.60. The second kappa shape index (κ2) is 4.82. The average Bonchev–Trinajstić information content (AvgIpc) is 2.94. The Labute approximate surface area is 117 Å². The molecule has 1 N–H and O–H groups in total. The number of nitrogens with zero attached hydrogens (tertiary/aromatic N) is 2. The Bertz CT molecular complexity index is 704. The number of aromatic amines is 1. The van der Waals surface area contributed by atoms with Crippen molar-refractivity contribution in [2.45, 2.75) is 32.7 Å². The second-order valence-electron chi connectivity index (χ2n) is 5.67. The summed E-state index contributed by atoms with van der Waals surface area (Å²) in [4.78, 5) is 3.23. The van der Waals surface area contributed by atoms with Gasteiger partial charge in [-0.15, -0.1) is 0 Å². The summed E-state index contributed by atoms with van der Waals surface area (Å²) in [5, 5.41) is 9.02. The molecule has 1 fully saturated rings. The van der Waals surface area contributed by atoms with Gasteiger partial charge in [-0.3, -0.25) is 0 Å². The fourth-order valence-corrected chi connectivity index (χ4v) is 3.44. The summed E-state index contributed by atoms with van der Waals surface area (Å²) in [6, 6.07) is 7.90. The molecular weight excluding hydrogens is 254 g/mol. The predicted molar refractivity (Wildman–Crippen MR) is 78.3 cm³/mol. The van der Waals surface area contributed by atoms with Gasteiger partial charge in [-0.1, -0.05) is 13.3 Å². The van der Waals surface area contributed by atoms with Crippen LogP contribution >= 0.6 is 12.2 Å². The zero-order chi connectivity index (χ0) is 13.4. The summed E-state index contributed by atoms with van der Waals surface area (Å²) in [6.07, 6.45) is 3.89. The zero-order valence-electron chi connectivity index (χ0n) is 11.0. The lowest BCUT2D eigenvalue weighted by molar-refractivity contribution is 0.444. The standard InChI is InChI=1S/C15H17N3S/c1-10-2-3-12(6-10)9-18-14-7-11(8-16)4-5-13(14)17-15(18)19/h4-5,7,10,12H,2-3,6,9H2,1H3,(H,17,19). The first-order valence-electron chi connectivity index (χ1n) is 6.80. The van der Waals surface area contributed by atoms with E-state index in [1.807, 2.05) is 18.2 Å². The van der Waals surface area contributed by atoms with Crippen LogP contribution in [-0.4, -0.2) is 9.55 Å². The quantitative estimate of drug-likeness (QED) is 0.839. The highest BCUT2D eigenvalue weighted by molar-refractivity contribution is 7.71. The van der Waals surface area contributed by atoms with Crippen molar-refractivity contribution in [1.82, 2.24) is 9.55 Å². The molecule has 2 unspecified atom stereocenters. The smallest absolute Gasteiger partial charge is 0.178 e. The number of hydrogen-bond acceptors (Lipinski definition) is 2. The molecule has 0 spiro atoms. The van der Waals surface area contributed by atoms with Crippen LogP contribution in [0, 0.1) is 27.9 Å². The maximum Gasteiger partial charge on any atom is 0.178 e. The molecule has 0 amide bonds. The first-order chi connectivity index (χ1) is 9.17.